The maximum absolute atomic E-state index is 12.3. The Morgan fingerprint density at radius 2 is 1.71 bits per heavy atom. The topological polar surface area (TPSA) is 40.6 Å². The molecular weight excluding hydrogens is 236 g/mol. The summed E-state index contributed by atoms with van der Waals surface area (Å²) in [5, 5.41) is 0. The summed E-state index contributed by atoms with van der Waals surface area (Å²) in [5.74, 6) is 0. The molecule has 1 unspecified atom stereocenters. The van der Waals surface area contributed by atoms with Crippen molar-refractivity contribution in [2.24, 2.45) is 0 Å². The number of hydrogen-bond acceptors (Lipinski definition) is 3. The van der Waals surface area contributed by atoms with Crippen molar-refractivity contribution in [2.75, 3.05) is 26.2 Å². The molecule has 2 aliphatic rings. The van der Waals surface area contributed by atoms with Crippen molar-refractivity contribution in [2.45, 2.75) is 50.8 Å². The van der Waals surface area contributed by atoms with Crippen molar-refractivity contribution < 1.29 is 8.42 Å². The van der Waals surface area contributed by atoms with Crippen LogP contribution < -0.4 is 0 Å². The van der Waals surface area contributed by atoms with Gasteiger partial charge in [-0.15, -0.1) is 0 Å². The quantitative estimate of drug-likeness (QED) is 0.764. The number of sulfonamides is 1. The second-order valence-corrected chi connectivity index (χ2v) is 8.10. The summed E-state index contributed by atoms with van der Waals surface area (Å²) in [4.78, 5) is 2.39. The smallest absolute Gasteiger partial charge is 0.219 e. The molecule has 1 heterocycles. The molecule has 0 bridgehead atoms. The lowest BCUT2D eigenvalue weighted by Crippen LogP contribution is -2.53. The van der Waals surface area contributed by atoms with Crippen LogP contribution in [0.1, 0.15) is 40.0 Å². The summed E-state index contributed by atoms with van der Waals surface area (Å²) >= 11 is 0. The Bertz CT molecular complexity index is 368. The zero-order valence-corrected chi connectivity index (χ0v) is 12.0. The van der Waals surface area contributed by atoms with E-state index in [0.717, 1.165) is 32.4 Å². The Balaban J connectivity index is 1.96. The molecule has 1 saturated carbocycles. The third-order valence-electron chi connectivity index (χ3n) is 4.40. The molecule has 100 valence electrons. The van der Waals surface area contributed by atoms with Crippen LogP contribution in [-0.4, -0.2) is 54.6 Å². The van der Waals surface area contributed by atoms with Crippen LogP contribution in [0.2, 0.25) is 0 Å². The summed E-state index contributed by atoms with van der Waals surface area (Å²) in [6.07, 6.45) is 2.80. The van der Waals surface area contributed by atoms with Crippen LogP contribution in [-0.2, 0) is 10.0 Å². The fourth-order valence-electron chi connectivity index (χ4n) is 2.39. The first kappa shape index (κ1) is 13.3. The van der Waals surface area contributed by atoms with Gasteiger partial charge in [-0.25, -0.2) is 8.42 Å². The van der Waals surface area contributed by atoms with E-state index in [4.69, 9.17) is 0 Å². The molecule has 0 aromatic heterocycles. The van der Waals surface area contributed by atoms with Gasteiger partial charge in [0.15, 0.2) is 0 Å². The molecule has 1 saturated heterocycles. The molecule has 5 heteroatoms. The van der Waals surface area contributed by atoms with E-state index >= 15 is 0 Å². The maximum Gasteiger partial charge on any atom is 0.219 e. The largest absolute Gasteiger partial charge is 0.298 e. The van der Waals surface area contributed by atoms with Crippen LogP contribution in [0.25, 0.3) is 0 Å². The molecule has 0 spiro atoms. The van der Waals surface area contributed by atoms with Crippen molar-refractivity contribution in [3.8, 4) is 0 Å². The van der Waals surface area contributed by atoms with Gasteiger partial charge in [-0.2, -0.15) is 4.31 Å². The molecular formula is C12H24N2O2S. The van der Waals surface area contributed by atoms with Gasteiger partial charge in [-0.3, -0.25) is 4.90 Å². The van der Waals surface area contributed by atoms with Gasteiger partial charge in [0.25, 0.3) is 0 Å². The third-order valence-corrected chi connectivity index (χ3v) is 7.10. The van der Waals surface area contributed by atoms with Gasteiger partial charge in [0.05, 0.1) is 4.75 Å². The summed E-state index contributed by atoms with van der Waals surface area (Å²) in [5.41, 5.74) is 0. The molecule has 1 aliphatic heterocycles. The Kier molecular flexibility index (Phi) is 3.54. The monoisotopic (exact) mass is 260 g/mol. The van der Waals surface area contributed by atoms with Crippen molar-refractivity contribution in [1.82, 2.24) is 9.21 Å². The van der Waals surface area contributed by atoms with Gasteiger partial charge in [-0.05, 0) is 33.1 Å². The van der Waals surface area contributed by atoms with Crippen LogP contribution in [0.5, 0.6) is 0 Å². The van der Waals surface area contributed by atoms with E-state index in [0.29, 0.717) is 19.1 Å². The molecule has 4 nitrogen and oxygen atoms in total. The number of hydrogen-bond donors (Lipinski definition) is 0. The van der Waals surface area contributed by atoms with E-state index in [9.17, 15) is 8.42 Å². The first-order valence-electron chi connectivity index (χ1n) is 6.64. The highest BCUT2D eigenvalue weighted by molar-refractivity contribution is 7.90. The van der Waals surface area contributed by atoms with Gasteiger partial charge in [-0.1, -0.05) is 6.92 Å². The minimum atomic E-state index is -3.04. The number of nitrogens with zero attached hydrogens (tertiary/aromatic N) is 2. The molecule has 17 heavy (non-hydrogen) atoms. The second-order valence-electron chi connectivity index (χ2n) is 5.65. The minimum absolute atomic E-state index is 0.439. The van der Waals surface area contributed by atoms with Gasteiger partial charge < -0.3 is 0 Å². The highest BCUT2D eigenvalue weighted by atomic mass is 32.2. The third kappa shape index (κ3) is 2.37. The van der Waals surface area contributed by atoms with Crippen molar-refractivity contribution in [1.29, 1.82) is 0 Å². The summed E-state index contributed by atoms with van der Waals surface area (Å²) < 4.78 is 25.9. The SMILES string of the molecule is CCC(C)N1CCN(S(=O)(=O)C2(C)CC2)CC1. The standard InChI is InChI=1S/C12H24N2O2S/c1-4-11(2)13-7-9-14(10-8-13)17(15,16)12(3)5-6-12/h11H,4-10H2,1-3H3. The van der Waals surface area contributed by atoms with E-state index in [1.807, 2.05) is 6.92 Å². The predicted octanol–water partition coefficient (Wildman–Crippen LogP) is 1.28. The molecule has 2 fully saturated rings. The Labute approximate surface area is 105 Å². The molecule has 0 aromatic rings. The van der Waals surface area contributed by atoms with Crippen LogP contribution >= 0.6 is 0 Å². The van der Waals surface area contributed by atoms with Crippen LogP contribution in [0, 0.1) is 0 Å². The maximum atomic E-state index is 12.3. The molecule has 0 radical (unpaired) electrons. The summed E-state index contributed by atoms with van der Waals surface area (Å²) in [7, 11) is -3.04. The van der Waals surface area contributed by atoms with Gasteiger partial charge in [0, 0.05) is 32.2 Å². The minimum Gasteiger partial charge on any atom is -0.298 e. The van der Waals surface area contributed by atoms with Crippen molar-refractivity contribution >= 4 is 10.0 Å². The zero-order valence-electron chi connectivity index (χ0n) is 11.1. The van der Waals surface area contributed by atoms with E-state index in [-0.39, 0.29) is 0 Å². The fraction of sp³-hybridized carbons (Fsp3) is 1.00. The Morgan fingerprint density at radius 3 is 2.12 bits per heavy atom. The van der Waals surface area contributed by atoms with Gasteiger partial charge in [0.1, 0.15) is 0 Å². The number of rotatable bonds is 4. The average Bonchev–Trinajstić information content (AvgIpc) is 3.08. The second kappa shape index (κ2) is 4.52. The average molecular weight is 260 g/mol. The normalized spacial score (nSPS) is 27.9. The van der Waals surface area contributed by atoms with Crippen LogP contribution in [0.3, 0.4) is 0 Å². The highest BCUT2D eigenvalue weighted by Gasteiger charge is 2.52. The van der Waals surface area contributed by atoms with Crippen molar-refractivity contribution in [3.63, 3.8) is 0 Å². The molecule has 0 N–H and O–H groups in total. The fourth-order valence-corrected chi connectivity index (χ4v) is 4.27. The van der Waals surface area contributed by atoms with E-state index in [1.54, 1.807) is 4.31 Å². The first-order valence-corrected chi connectivity index (χ1v) is 8.08. The Hall–Kier alpha value is -0.130. The Morgan fingerprint density at radius 1 is 1.18 bits per heavy atom. The lowest BCUT2D eigenvalue weighted by molar-refractivity contribution is 0.142. The predicted molar refractivity (Wildman–Crippen MR) is 69.5 cm³/mol. The summed E-state index contributed by atoms with van der Waals surface area (Å²) in [6.45, 7) is 9.37. The highest BCUT2D eigenvalue weighted by Crippen LogP contribution is 2.44. The molecule has 0 aromatic carbocycles. The number of piperazine rings is 1. The van der Waals surface area contributed by atoms with Gasteiger partial charge in [0.2, 0.25) is 10.0 Å². The summed E-state index contributed by atoms with van der Waals surface area (Å²) in [6, 6.07) is 0.566. The van der Waals surface area contributed by atoms with E-state index in [2.05, 4.69) is 18.7 Å². The van der Waals surface area contributed by atoms with E-state index < -0.39 is 14.8 Å². The lowest BCUT2D eigenvalue weighted by Gasteiger charge is -2.38. The van der Waals surface area contributed by atoms with Crippen LogP contribution in [0.15, 0.2) is 0 Å². The van der Waals surface area contributed by atoms with Crippen LogP contribution in [0.4, 0.5) is 0 Å². The molecule has 1 atom stereocenters. The first-order chi connectivity index (χ1) is 7.90. The molecule has 1 aliphatic carbocycles. The van der Waals surface area contributed by atoms with Gasteiger partial charge >= 0.3 is 0 Å². The zero-order chi connectivity index (χ0) is 12.7. The molecule has 2 rings (SSSR count). The lowest BCUT2D eigenvalue weighted by atomic mass is 10.2. The van der Waals surface area contributed by atoms with E-state index in [1.165, 1.54) is 0 Å². The van der Waals surface area contributed by atoms with Crippen molar-refractivity contribution in [3.05, 3.63) is 0 Å². The molecule has 0 amide bonds.